The molecule has 0 aromatic heterocycles. The minimum Gasteiger partial charge on any atom is -0.382 e. The zero-order valence-corrected chi connectivity index (χ0v) is 10.7. The lowest BCUT2D eigenvalue weighted by molar-refractivity contribution is 1.25. The molecule has 0 saturated carbocycles. The summed E-state index contributed by atoms with van der Waals surface area (Å²) < 4.78 is 0. The van der Waals surface area contributed by atoms with Crippen LogP contribution in [0.4, 0.5) is 5.69 Å². The second-order valence-electron chi connectivity index (χ2n) is 4.23. The Kier molecular flexibility index (Phi) is 4.78. The molecule has 0 radical (unpaired) electrons. The van der Waals surface area contributed by atoms with Crippen LogP contribution in [-0.4, -0.2) is 6.54 Å². The monoisotopic (exact) mass is 248 g/mol. The van der Waals surface area contributed by atoms with E-state index in [1.807, 2.05) is 42.5 Å². The molecule has 19 heavy (non-hydrogen) atoms. The van der Waals surface area contributed by atoms with E-state index in [4.69, 9.17) is 5.26 Å². The summed E-state index contributed by atoms with van der Waals surface area (Å²) >= 11 is 0. The van der Waals surface area contributed by atoms with Gasteiger partial charge in [-0.1, -0.05) is 54.6 Å². The molecule has 0 amide bonds. The molecule has 2 heteroatoms. The van der Waals surface area contributed by atoms with E-state index < -0.39 is 0 Å². The summed E-state index contributed by atoms with van der Waals surface area (Å²) in [5.74, 6) is 0. The topological polar surface area (TPSA) is 35.8 Å². The third-order valence-electron chi connectivity index (χ3n) is 2.77. The summed E-state index contributed by atoms with van der Waals surface area (Å²) in [7, 11) is 0. The molecule has 1 N–H and O–H groups in total. The Morgan fingerprint density at radius 2 is 1.74 bits per heavy atom. The third-order valence-corrected chi connectivity index (χ3v) is 2.77. The molecule has 0 aliphatic carbocycles. The number of hydrogen-bond acceptors (Lipinski definition) is 2. The number of nitrogens with one attached hydrogen (secondary N) is 1. The minimum atomic E-state index is 0.466. The van der Waals surface area contributed by atoms with Gasteiger partial charge < -0.3 is 5.32 Å². The van der Waals surface area contributed by atoms with Crippen LogP contribution in [0.15, 0.2) is 60.7 Å². The van der Waals surface area contributed by atoms with E-state index in [0.717, 1.165) is 17.8 Å². The molecule has 2 aromatic rings. The van der Waals surface area contributed by atoms with Crippen LogP contribution in [0.2, 0.25) is 0 Å². The van der Waals surface area contributed by atoms with Crippen molar-refractivity contribution in [1.29, 1.82) is 5.26 Å². The van der Waals surface area contributed by atoms with Crippen molar-refractivity contribution in [1.82, 2.24) is 0 Å². The van der Waals surface area contributed by atoms with Gasteiger partial charge in [-0.25, -0.2) is 0 Å². The van der Waals surface area contributed by atoms with Crippen molar-refractivity contribution in [2.45, 2.75) is 6.42 Å². The zero-order valence-electron chi connectivity index (χ0n) is 10.7. The van der Waals surface area contributed by atoms with Gasteiger partial charge in [-0.05, 0) is 23.3 Å². The van der Waals surface area contributed by atoms with Crippen molar-refractivity contribution in [3.05, 3.63) is 71.8 Å². The highest BCUT2D eigenvalue weighted by atomic mass is 14.8. The van der Waals surface area contributed by atoms with E-state index in [1.54, 1.807) is 0 Å². The standard InChI is InChI=1S/C17H16N2/c18-13-12-16-8-10-17(11-9-16)19-14-4-7-15-5-2-1-3-6-15/h1-11,19H,12,14H2. The lowest BCUT2D eigenvalue weighted by atomic mass is 10.1. The summed E-state index contributed by atoms with van der Waals surface area (Å²) in [6.45, 7) is 0.784. The number of hydrogen-bond donors (Lipinski definition) is 1. The first-order valence-corrected chi connectivity index (χ1v) is 6.30. The quantitative estimate of drug-likeness (QED) is 0.871. The smallest absolute Gasteiger partial charge is 0.0669 e. The number of anilines is 1. The van der Waals surface area contributed by atoms with E-state index >= 15 is 0 Å². The van der Waals surface area contributed by atoms with Crippen molar-refractivity contribution in [3.8, 4) is 6.07 Å². The first-order valence-electron chi connectivity index (χ1n) is 6.30. The fourth-order valence-electron chi connectivity index (χ4n) is 1.77. The normalized spacial score (nSPS) is 10.3. The molecule has 2 rings (SSSR count). The maximum atomic E-state index is 8.60. The highest BCUT2D eigenvalue weighted by Gasteiger charge is 1.92. The van der Waals surface area contributed by atoms with Gasteiger partial charge >= 0.3 is 0 Å². The SMILES string of the molecule is N#CCc1ccc(NCC=Cc2ccccc2)cc1. The average Bonchev–Trinajstić information content (AvgIpc) is 2.47. The molecule has 0 atom stereocenters. The molecular weight excluding hydrogens is 232 g/mol. The minimum absolute atomic E-state index is 0.466. The van der Waals surface area contributed by atoms with Crippen LogP contribution in [0.1, 0.15) is 11.1 Å². The molecular formula is C17H16N2. The van der Waals surface area contributed by atoms with Gasteiger partial charge in [-0.3, -0.25) is 0 Å². The molecule has 0 spiro atoms. The summed E-state index contributed by atoms with van der Waals surface area (Å²) in [5.41, 5.74) is 3.32. The van der Waals surface area contributed by atoms with Gasteiger partial charge in [0, 0.05) is 12.2 Å². The maximum Gasteiger partial charge on any atom is 0.0669 e. The summed E-state index contributed by atoms with van der Waals surface area (Å²) in [5, 5.41) is 11.9. The molecule has 0 aliphatic heterocycles. The molecule has 2 aromatic carbocycles. The molecule has 0 heterocycles. The van der Waals surface area contributed by atoms with Crippen molar-refractivity contribution < 1.29 is 0 Å². The first-order chi connectivity index (χ1) is 9.38. The Labute approximate surface area is 114 Å². The van der Waals surface area contributed by atoms with Crippen LogP contribution in [-0.2, 0) is 6.42 Å². The molecule has 0 aliphatic rings. The Hall–Kier alpha value is -2.53. The Bertz CT molecular complexity index is 562. The lowest BCUT2D eigenvalue weighted by Crippen LogP contribution is -1.97. The van der Waals surface area contributed by atoms with Crippen molar-refractivity contribution >= 4 is 11.8 Å². The van der Waals surface area contributed by atoms with Gasteiger partial charge in [-0.2, -0.15) is 5.26 Å². The average molecular weight is 248 g/mol. The largest absolute Gasteiger partial charge is 0.382 e. The number of rotatable bonds is 5. The van der Waals surface area contributed by atoms with Crippen LogP contribution in [0.3, 0.4) is 0 Å². The third kappa shape index (κ3) is 4.33. The van der Waals surface area contributed by atoms with Crippen LogP contribution < -0.4 is 5.32 Å². The molecule has 0 bridgehead atoms. The summed E-state index contributed by atoms with van der Waals surface area (Å²) in [4.78, 5) is 0. The van der Waals surface area contributed by atoms with E-state index in [9.17, 15) is 0 Å². The van der Waals surface area contributed by atoms with Crippen LogP contribution >= 0.6 is 0 Å². The molecule has 2 nitrogen and oxygen atoms in total. The molecule has 0 saturated heterocycles. The zero-order chi connectivity index (χ0) is 13.3. The Morgan fingerprint density at radius 1 is 1.00 bits per heavy atom. The predicted octanol–water partition coefficient (Wildman–Crippen LogP) is 3.88. The van der Waals surface area contributed by atoms with E-state index in [1.165, 1.54) is 5.56 Å². The van der Waals surface area contributed by atoms with Gasteiger partial charge in [0.05, 0.1) is 12.5 Å². The van der Waals surface area contributed by atoms with Gasteiger partial charge in [0.1, 0.15) is 0 Å². The fourth-order valence-corrected chi connectivity index (χ4v) is 1.77. The highest BCUT2D eigenvalue weighted by Crippen LogP contribution is 2.09. The Morgan fingerprint density at radius 3 is 2.42 bits per heavy atom. The second-order valence-corrected chi connectivity index (χ2v) is 4.23. The van der Waals surface area contributed by atoms with E-state index in [0.29, 0.717) is 6.42 Å². The van der Waals surface area contributed by atoms with Crippen molar-refractivity contribution in [3.63, 3.8) is 0 Å². The van der Waals surface area contributed by atoms with Crippen molar-refractivity contribution in [2.75, 3.05) is 11.9 Å². The predicted molar refractivity (Wildman–Crippen MR) is 79.7 cm³/mol. The van der Waals surface area contributed by atoms with Gasteiger partial charge in [-0.15, -0.1) is 0 Å². The molecule has 0 unspecified atom stereocenters. The maximum absolute atomic E-state index is 8.60. The fraction of sp³-hybridized carbons (Fsp3) is 0.118. The van der Waals surface area contributed by atoms with Crippen molar-refractivity contribution in [2.24, 2.45) is 0 Å². The Balaban J connectivity index is 1.83. The number of nitrogens with zero attached hydrogens (tertiary/aromatic N) is 1. The second kappa shape index (κ2) is 7.03. The lowest BCUT2D eigenvalue weighted by Gasteiger charge is -2.03. The molecule has 0 fully saturated rings. The van der Waals surface area contributed by atoms with E-state index in [-0.39, 0.29) is 0 Å². The van der Waals surface area contributed by atoms with Gasteiger partial charge in [0.2, 0.25) is 0 Å². The van der Waals surface area contributed by atoms with Crippen LogP contribution in [0.5, 0.6) is 0 Å². The van der Waals surface area contributed by atoms with Crippen LogP contribution in [0, 0.1) is 11.3 Å². The summed E-state index contributed by atoms with van der Waals surface area (Å²) in [6.07, 6.45) is 4.66. The molecule has 94 valence electrons. The van der Waals surface area contributed by atoms with E-state index in [2.05, 4.69) is 35.7 Å². The number of nitriles is 1. The highest BCUT2D eigenvalue weighted by molar-refractivity contribution is 5.51. The summed E-state index contributed by atoms with van der Waals surface area (Å²) in [6, 6.07) is 20.3. The first kappa shape index (κ1) is 12.9. The van der Waals surface area contributed by atoms with Gasteiger partial charge in [0.25, 0.3) is 0 Å². The van der Waals surface area contributed by atoms with Gasteiger partial charge in [0.15, 0.2) is 0 Å². The number of benzene rings is 2. The van der Waals surface area contributed by atoms with Crippen LogP contribution in [0.25, 0.3) is 6.08 Å².